The summed E-state index contributed by atoms with van der Waals surface area (Å²) in [5, 5.41) is 3.38. The first-order chi connectivity index (χ1) is 15.7. The fraction of sp³-hybridized carbons (Fsp3) is 0.720. The van der Waals surface area contributed by atoms with Crippen LogP contribution in [0.2, 0.25) is 0 Å². The van der Waals surface area contributed by atoms with Gasteiger partial charge in [0.15, 0.2) is 0 Å². The van der Waals surface area contributed by atoms with Crippen LogP contribution < -0.4 is 10.1 Å². The smallest absolute Gasteiger partial charge is 0.223 e. The van der Waals surface area contributed by atoms with Crippen molar-refractivity contribution in [3.05, 3.63) is 29.8 Å². The molecule has 0 radical (unpaired) electrons. The Morgan fingerprint density at radius 2 is 1.81 bits per heavy atom. The molecule has 2 aliphatic heterocycles. The van der Waals surface area contributed by atoms with E-state index in [1.165, 1.54) is 36.3 Å². The van der Waals surface area contributed by atoms with E-state index in [2.05, 4.69) is 45.9 Å². The third kappa shape index (κ3) is 4.55. The number of benzene rings is 1. The Hall–Kier alpha value is -0.890. The lowest BCUT2D eigenvalue weighted by Gasteiger charge is -2.52. The molecule has 2 aliphatic carbocycles. The van der Waals surface area contributed by atoms with E-state index >= 15 is 0 Å². The number of nitrogens with one attached hydrogen (secondary N) is 1. The fourth-order valence-corrected chi connectivity index (χ4v) is 10.3. The van der Waals surface area contributed by atoms with Crippen molar-refractivity contribution < 1.29 is 14.3 Å². The molecule has 176 valence electrons. The molecule has 1 spiro atoms. The third-order valence-electron chi connectivity index (χ3n) is 7.95. The molecular formula is C25H36N2O3S2. The summed E-state index contributed by atoms with van der Waals surface area (Å²) < 4.78 is 11.3. The molecule has 0 aromatic heterocycles. The van der Waals surface area contributed by atoms with Crippen molar-refractivity contribution in [2.45, 2.75) is 42.2 Å². The van der Waals surface area contributed by atoms with Crippen molar-refractivity contribution in [2.75, 3.05) is 51.5 Å². The summed E-state index contributed by atoms with van der Waals surface area (Å²) in [5.74, 6) is 5.31. The highest BCUT2D eigenvalue weighted by atomic mass is 32.2. The molecule has 1 unspecified atom stereocenters. The quantitative estimate of drug-likeness (QED) is 0.665. The van der Waals surface area contributed by atoms with Gasteiger partial charge in [-0.1, -0.05) is 18.6 Å². The van der Waals surface area contributed by atoms with E-state index in [0.29, 0.717) is 22.5 Å². The van der Waals surface area contributed by atoms with Gasteiger partial charge >= 0.3 is 0 Å². The normalized spacial score (nSPS) is 30.7. The number of hydrogen-bond acceptors (Lipinski definition) is 6. The van der Waals surface area contributed by atoms with E-state index in [1.54, 1.807) is 7.11 Å². The molecule has 5 rings (SSSR count). The van der Waals surface area contributed by atoms with Crippen LogP contribution in [-0.4, -0.2) is 66.3 Å². The number of nitrogens with zero attached hydrogens (tertiary/aromatic N) is 1. The van der Waals surface area contributed by atoms with Crippen molar-refractivity contribution in [3.63, 3.8) is 0 Å². The van der Waals surface area contributed by atoms with Gasteiger partial charge < -0.3 is 14.8 Å². The summed E-state index contributed by atoms with van der Waals surface area (Å²) in [7, 11) is 1.70. The Labute approximate surface area is 200 Å². The summed E-state index contributed by atoms with van der Waals surface area (Å²) in [6.45, 7) is 3.97. The van der Waals surface area contributed by atoms with E-state index in [4.69, 9.17) is 9.47 Å². The van der Waals surface area contributed by atoms with Gasteiger partial charge in [-0.15, -0.1) is 23.5 Å². The lowest BCUT2D eigenvalue weighted by Crippen LogP contribution is -2.50. The molecule has 2 saturated heterocycles. The molecule has 1 amide bonds. The number of ether oxygens (including phenoxy) is 2. The minimum atomic E-state index is 0.170. The lowest BCUT2D eigenvalue weighted by molar-refractivity contribution is -0.128. The van der Waals surface area contributed by atoms with Crippen LogP contribution in [0.15, 0.2) is 24.3 Å². The second kappa shape index (κ2) is 10.2. The summed E-state index contributed by atoms with van der Waals surface area (Å²) in [5.41, 5.74) is 1.23. The van der Waals surface area contributed by atoms with Crippen LogP contribution in [0.4, 0.5) is 0 Å². The minimum Gasteiger partial charge on any atom is -0.497 e. The van der Waals surface area contributed by atoms with Crippen LogP contribution >= 0.6 is 23.5 Å². The van der Waals surface area contributed by atoms with E-state index in [-0.39, 0.29) is 17.9 Å². The SMILES string of the molecule is COc1ccc([C@H](CNC(=O)C2C[C@H]3CCC[C@@H](C2)C32SCCS2)N2CCOCC2)cc1. The Bertz CT molecular complexity index is 762. The number of amides is 1. The lowest BCUT2D eigenvalue weighted by atomic mass is 9.67. The molecule has 2 heterocycles. The highest BCUT2D eigenvalue weighted by Crippen LogP contribution is 2.64. The first-order valence-corrected chi connectivity index (χ1v) is 14.2. The van der Waals surface area contributed by atoms with Crippen LogP contribution in [0.1, 0.15) is 43.7 Å². The standard InChI is InChI=1S/C25H36N2O3S2/c1-29-22-7-5-18(6-8-22)23(27-9-11-30-12-10-27)17-26-24(28)19-15-20-3-2-4-21(16-19)25(20)31-13-14-32-25/h5-8,19-21,23H,2-4,9-17H2,1H3,(H,26,28)/t19?,20-,21+,23-/m0/s1. The number of carbonyl (C=O) groups excluding carboxylic acids is 1. The minimum absolute atomic E-state index is 0.170. The monoisotopic (exact) mass is 476 g/mol. The molecule has 4 aliphatic rings. The maximum absolute atomic E-state index is 13.4. The fourth-order valence-electron chi connectivity index (χ4n) is 6.34. The van der Waals surface area contributed by atoms with Crippen LogP contribution in [-0.2, 0) is 9.53 Å². The molecule has 2 bridgehead atoms. The van der Waals surface area contributed by atoms with Crippen molar-refractivity contribution in [1.29, 1.82) is 0 Å². The Balaban J connectivity index is 1.25. The number of hydrogen-bond donors (Lipinski definition) is 1. The van der Waals surface area contributed by atoms with Crippen molar-refractivity contribution in [3.8, 4) is 5.75 Å². The highest BCUT2D eigenvalue weighted by Gasteiger charge is 2.55. The molecule has 4 fully saturated rings. The zero-order valence-electron chi connectivity index (χ0n) is 19.1. The van der Waals surface area contributed by atoms with Crippen LogP contribution in [0.25, 0.3) is 0 Å². The van der Waals surface area contributed by atoms with Gasteiger partial charge in [-0.3, -0.25) is 9.69 Å². The topological polar surface area (TPSA) is 50.8 Å². The molecule has 2 saturated carbocycles. The van der Waals surface area contributed by atoms with E-state index in [0.717, 1.165) is 44.9 Å². The Kier molecular flexibility index (Phi) is 7.27. The maximum atomic E-state index is 13.4. The zero-order valence-corrected chi connectivity index (χ0v) is 20.7. The van der Waals surface area contributed by atoms with Gasteiger partial charge in [0.25, 0.3) is 0 Å². The van der Waals surface area contributed by atoms with Crippen LogP contribution in [0.3, 0.4) is 0 Å². The van der Waals surface area contributed by atoms with Gasteiger partial charge in [0.2, 0.25) is 5.91 Å². The molecule has 1 aromatic carbocycles. The Morgan fingerprint density at radius 3 is 2.44 bits per heavy atom. The second-order valence-electron chi connectivity index (χ2n) is 9.59. The van der Waals surface area contributed by atoms with Crippen LogP contribution in [0, 0.1) is 17.8 Å². The number of thioether (sulfide) groups is 2. The third-order valence-corrected chi connectivity index (χ3v) is 12.0. The van der Waals surface area contributed by atoms with Gasteiger partial charge in [-0.25, -0.2) is 0 Å². The van der Waals surface area contributed by atoms with Crippen molar-refractivity contribution in [1.82, 2.24) is 10.2 Å². The summed E-state index contributed by atoms with van der Waals surface area (Å²) >= 11 is 4.42. The van der Waals surface area contributed by atoms with Gasteiger partial charge in [0, 0.05) is 37.1 Å². The predicted molar refractivity (Wildman–Crippen MR) is 132 cm³/mol. The van der Waals surface area contributed by atoms with Gasteiger partial charge in [-0.2, -0.15) is 0 Å². The highest BCUT2D eigenvalue weighted by molar-refractivity contribution is 8.21. The summed E-state index contributed by atoms with van der Waals surface area (Å²) in [4.78, 5) is 15.8. The molecule has 1 N–H and O–H groups in total. The van der Waals surface area contributed by atoms with Crippen LogP contribution in [0.5, 0.6) is 5.75 Å². The number of carbonyl (C=O) groups is 1. The summed E-state index contributed by atoms with van der Waals surface area (Å²) in [6.07, 6.45) is 6.12. The number of rotatable bonds is 6. The molecule has 1 aromatic rings. The van der Waals surface area contributed by atoms with Gasteiger partial charge in [0.1, 0.15) is 5.75 Å². The molecule has 5 nitrogen and oxygen atoms in total. The van der Waals surface area contributed by atoms with E-state index in [1.807, 2.05) is 12.1 Å². The van der Waals surface area contributed by atoms with Gasteiger partial charge in [-0.05, 0) is 55.2 Å². The predicted octanol–water partition coefficient (Wildman–Crippen LogP) is 4.19. The maximum Gasteiger partial charge on any atom is 0.223 e. The average Bonchev–Trinajstić information content (AvgIpc) is 3.29. The number of methoxy groups -OCH3 is 1. The molecular weight excluding hydrogens is 440 g/mol. The molecule has 7 heteroatoms. The Morgan fingerprint density at radius 1 is 1.16 bits per heavy atom. The molecule has 32 heavy (non-hydrogen) atoms. The van der Waals surface area contributed by atoms with E-state index < -0.39 is 0 Å². The average molecular weight is 477 g/mol. The number of morpholine rings is 1. The van der Waals surface area contributed by atoms with Crippen molar-refractivity contribution >= 4 is 29.4 Å². The largest absolute Gasteiger partial charge is 0.497 e. The first kappa shape index (κ1) is 22.9. The zero-order chi connectivity index (χ0) is 22.0. The summed E-state index contributed by atoms with van der Waals surface area (Å²) in [6, 6.07) is 8.47. The first-order valence-electron chi connectivity index (χ1n) is 12.2. The van der Waals surface area contributed by atoms with Crippen molar-refractivity contribution in [2.24, 2.45) is 17.8 Å². The van der Waals surface area contributed by atoms with Gasteiger partial charge in [0.05, 0.1) is 30.4 Å². The molecule has 4 atom stereocenters. The van der Waals surface area contributed by atoms with E-state index in [9.17, 15) is 4.79 Å². The second-order valence-corrected chi connectivity index (χ2v) is 12.6.